The number of rotatable bonds is 6. The van der Waals surface area contributed by atoms with Gasteiger partial charge in [0.15, 0.2) is 5.78 Å². The molecule has 1 aromatic heterocycles. The maximum Gasteiger partial charge on any atom is 0.178 e. The van der Waals surface area contributed by atoms with Crippen LogP contribution in [0.1, 0.15) is 28.8 Å². The number of hydrogen-bond acceptors (Lipinski definition) is 3. The molecule has 0 spiro atoms. The van der Waals surface area contributed by atoms with Crippen molar-refractivity contribution in [1.82, 2.24) is 4.90 Å². The number of benzene rings is 1. The second-order valence-corrected chi connectivity index (χ2v) is 6.94. The van der Waals surface area contributed by atoms with E-state index >= 15 is 0 Å². The average molecular weight is 340 g/mol. The molecule has 0 unspecified atom stereocenters. The molecule has 1 aliphatic rings. The first-order chi connectivity index (χ1) is 10.1. The lowest BCUT2D eigenvalue weighted by molar-refractivity contribution is 0.0919. The molecule has 0 atom stereocenters. The molecule has 0 radical (unpaired) electrons. The zero-order valence-corrected chi connectivity index (χ0v) is 13.7. The summed E-state index contributed by atoms with van der Waals surface area (Å²) < 4.78 is 0. The average Bonchev–Trinajstić information content (AvgIpc) is 3.16. The highest BCUT2D eigenvalue weighted by molar-refractivity contribution is 7.07. The summed E-state index contributed by atoms with van der Waals surface area (Å²) in [6.07, 6.45) is 2.34. The first-order valence-electron chi connectivity index (χ1n) is 6.87. The Kier molecular flexibility index (Phi) is 4.65. The van der Waals surface area contributed by atoms with Crippen LogP contribution in [0, 0.1) is 0 Å². The molecular weight excluding hydrogens is 325 g/mol. The van der Waals surface area contributed by atoms with E-state index in [1.165, 1.54) is 18.4 Å². The predicted octanol–water partition coefficient (Wildman–Crippen LogP) is 4.90. The normalized spacial score (nSPS) is 14.6. The molecule has 110 valence electrons. The zero-order chi connectivity index (χ0) is 14.8. The molecule has 0 bridgehead atoms. The summed E-state index contributed by atoms with van der Waals surface area (Å²) >= 11 is 13.7. The van der Waals surface area contributed by atoms with Gasteiger partial charge in [-0.15, -0.1) is 0 Å². The van der Waals surface area contributed by atoms with Gasteiger partial charge in [-0.1, -0.05) is 23.2 Å². The van der Waals surface area contributed by atoms with Crippen LogP contribution in [0.15, 0.2) is 35.0 Å². The number of halogens is 2. The highest BCUT2D eigenvalue weighted by Crippen LogP contribution is 2.29. The summed E-state index contributed by atoms with van der Waals surface area (Å²) in [6, 6.07) is 7.68. The molecule has 5 heteroatoms. The van der Waals surface area contributed by atoms with Crippen LogP contribution in [-0.4, -0.2) is 23.3 Å². The van der Waals surface area contributed by atoms with Gasteiger partial charge >= 0.3 is 0 Å². The third-order valence-corrected chi connectivity index (χ3v) is 4.89. The number of carbonyl (C=O) groups is 1. The van der Waals surface area contributed by atoms with Crippen LogP contribution in [-0.2, 0) is 6.54 Å². The highest BCUT2D eigenvalue weighted by atomic mass is 35.5. The fourth-order valence-corrected chi connectivity index (χ4v) is 3.53. The Labute approximate surface area is 138 Å². The lowest BCUT2D eigenvalue weighted by Crippen LogP contribution is -2.31. The molecule has 1 aliphatic carbocycles. The fourth-order valence-electron chi connectivity index (χ4n) is 2.36. The Morgan fingerprint density at radius 2 is 2.10 bits per heavy atom. The van der Waals surface area contributed by atoms with Crippen molar-refractivity contribution >= 4 is 40.3 Å². The lowest BCUT2D eigenvalue weighted by Gasteiger charge is -2.20. The molecule has 1 heterocycles. The number of nitrogens with zero attached hydrogens (tertiary/aromatic N) is 1. The van der Waals surface area contributed by atoms with Gasteiger partial charge in [0.05, 0.1) is 11.6 Å². The number of hydrogen-bond donors (Lipinski definition) is 0. The van der Waals surface area contributed by atoms with Crippen molar-refractivity contribution in [2.24, 2.45) is 0 Å². The van der Waals surface area contributed by atoms with E-state index < -0.39 is 0 Å². The Morgan fingerprint density at radius 3 is 2.71 bits per heavy atom. The summed E-state index contributed by atoms with van der Waals surface area (Å²) in [5, 5.41) is 5.18. The van der Waals surface area contributed by atoms with Crippen molar-refractivity contribution in [1.29, 1.82) is 0 Å². The van der Waals surface area contributed by atoms with Crippen molar-refractivity contribution in [3.8, 4) is 0 Å². The topological polar surface area (TPSA) is 20.3 Å². The molecule has 2 nitrogen and oxygen atoms in total. The Hall–Kier alpha value is -0.870. The second-order valence-electron chi connectivity index (χ2n) is 5.32. The smallest absolute Gasteiger partial charge is 0.178 e. The van der Waals surface area contributed by atoms with E-state index in [4.69, 9.17) is 23.2 Å². The predicted molar refractivity (Wildman–Crippen MR) is 88.5 cm³/mol. The van der Waals surface area contributed by atoms with Crippen LogP contribution in [0.4, 0.5) is 0 Å². The summed E-state index contributed by atoms with van der Waals surface area (Å²) in [4.78, 5) is 14.7. The third kappa shape index (κ3) is 3.86. The van der Waals surface area contributed by atoms with E-state index in [0.29, 0.717) is 28.2 Å². The summed E-state index contributed by atoms with van der Waals surface area (Å²) in [5.74, 6) is 0.0544. The van der Waals surface area contributed by atoms with Crippen LogP contribution in [0.2, 0.25) is 10.0 Å². The van der Waals surface area contributed by atoms with Gasteiger partial charge in [0, 0.05) is 23.2 Å². The Balaban J connectivity index is 1.71. The zero-order valence-electron chi connectivity index (χ0n) is 11.4. The van der Waals surface area contributed by atoms with Crippen LogP contribution in [0.25, 0.3) is 0 Å². The third-order valence-electron chi connectivity index (χ3n) is 3.61. The summed E-state index contributed by atoms with van der Waals surface area (Å²) in [5.41, 5.74) is 1.82. The molecule has 0 saturated heterocycles. The monoisotopic (exact) mass is 339 g/mol. The first-order valence-corrected chi connectivity index (χ1v) is 8.57. The van der Waals surface area contributed by atoms with Gasteiger partial charge in [0.2, 0.25) is 0 Å². The first kappa shape index (κ1) is 15.0. The van der Waals surface area contributed by atoms with Crippen LogP contribution in [0.3, 0.4) is 0 Å². The van der Waals surface area contributed by atoms with Crippen LogP contribution >= 0.6 is 34.5 Å². The maximum absolute atomic E-state index is 12.5. The van der Waals surface area contributed by atoms with Gasteiger partial charge in [-0.05, 0) is 53.4 Å². The van der Waals surface area contributed by atoms with Gasteiger partial charge in [-0.2, -0.15) is 11.3 Å². The standard InChI is InChI=1S/C16H15Cl2NOS/c17-12-1-4-14(15(18)7-12)16(20)9-19(13-2-3-13)8-11-5-6-21-10-11/h1,4-7,10,13H,2-3,8-9H2. The van der Waals surface area contributed by atoms with Gasteiger partial charge in [-0.3, -0.25) is 9.69 Å². The molecular formula is C16H15Cl2NOS. The largest absolute Gasteiger partial charge is 0.293 e. The van der Waals surface area contributed by atoms with Crippen molar-refractivity contribution in [2.45, 2.75) is 25.4 Å². The van der Waals surface area contributed by atoms with Crippen molar-refractivity contribution in [3.63, 3.8) is 0 Å². The van der Waals surface area contributed by atoms with E-state index in [0.717, 1.165) is 6.54 Å². The molecule has 2 aromatic rings. The minimum absolute atomic E-state index is 0.0544. The number of carbonyl (C=O) groups excluding carboxylic acids is 1. The van der Waals surface area contributed by atoms with Crippen molar-refractivity contribution < 1.29 is 4.79 Å². The van der Waals surface area contributed by atoms with E-state index in [9.17, 15) is 4.79 Å². The maximum atomic E-state index is 12.5. The second kappa shape index (κ2) is 6.49. The Bertz CT molecular complexity index is 638. The minimum Gasteiger partial charge on any atom is -0.293 e. The summed E-state index contributed by atoms with van der Waals surface area (Å²) in [7, 11) is 0. The Morgan fingerprint density at radius 1 is 1.29 bits per heavy atom. The van der Waals surface area contributed by atoms with E-state index in [2.05, 4.69) is 21.7 Å². The molecule has 1 aromatic carbocycles. The molecule has 1 saturated carbocycles. The molecule has 0 amide bonds. The highest BCUT2D eigenvalue weighted by Gasteiger charge is 2.30. The quantitative estimate of drug-likeness (QED) is 0.697. The van der Waals surface area contributed by atoms with Gasteiger partial charge < -0.3 is 0 Å². The van der Waals surface area contributed by atoms with Gasteiger partial charge in [0.25, 0.3) is 0 Å². The lowest BCUT2D eigenvalue weighted by atomic mass is 10.1. The number of thiophene rings is 1. The minimum atomic E-state index is 0.0544. The molecule has 3 rings (SSSR count). The fraction of sp³-hybridized carbons (Fsp3) is 0.312. The van der Waals surface area contributed by atoms with Crippen molar-refractivity contribution in [3.05, 3.63) is 56.2 Å². The molecule has 0 N–H and O–H groups in total. The van der Waals surface area contributed by atoms with E-state index in [1.807, 2.05) is 0 Å². The molecule has 1 fully saturated rings. The van der Waals surface area contributed by atoms with E-state index in [1.54, 1.807) is 29.5 Å². The van der Waals surface area contributed by atoms with Gasteiger partial charge in [-0.25, -0.2) is 0 Å². The van der Waals surface area contributed by atoms with Crippen LogP contribution in [0.5, 0.6) is 0 Å². The number of Topliss-reactive ketones (excluding diaryl/α,β-unsaturated/α-hetero) is 1. The van der Waals surface area contributed by atoms with E-state index in [-0.39, 0.29) is 5.78 Å². The van der Waals surface area contributed by atoms with Gasteiger partial charge in [0.1, 0.15) is 0 Å². The molecule has 0 aliphatic heterocycles. The van der Waals surface area contributed by atoms with Crippen molar-refractivity contribution in [2.75, 3.05) is 6.54 Å². The summed E-state index contributed by atoms with van der Waals surface area (Å²) in [6.45, 7) is 1.23. The molecule has 21 heavy (non-hydrogen) atoms. The van der Waals surface area contributed by atoms with Crippen LogP contribution < -0.4 is 0 Å². The SMILES string of the molecule is O=C(CN(Cc1ccsc1)C1CC1)c1ccc(Cl)cc1Cl. The number of ketones is 1.